The third-order valence-electron chi connectivity index (χ3n) is 6.66. The van der Waals surface area contributed by atoms with Crippen LogP contribution in [-0.4, -0.2) is 46.2 Å². The lowest BCUT2D eigenvalue weighted by atomic mass is 9.76. The highest BCUT2D eigenvalue weighted by molar-refractivity contribution is 7.16. The molecule has 1 aliphatic heterocycles. The van der Waals surface area contributed by atoms with Crippen molar-refractivity contribution in [2.75, 3.05) is 19.5 Å². The van der Waals surface area contributed by atoms with Crippen molar-refractivity contribution in [3.05, 3.63) is 40.5 Å². The van der Waals surface area contributed by atoms with Gasteiger partial charge < -0.3 is 19.3 Å². The Bertz CT molecular complexity index is 1400. The van der Waals surface area contributed by atoms with Crippen molar-refractivity contribution >= 4 is 28.3 Å². The van der Waals surface area contributed by atoms with Gasteiger partial charge in [-0.05, 0) is 43.9 Å². The Labute approximate surface area is 217 Å². The number of carbonyl (C=O) groups excluding carboxylic acids is 1. The van der Waals surface area contributed by atoms with Crippen LogP contribution in [0.4, 0.5) is 18.3 Å². The molecule has 10 nitrogen and oxygen atoms in total. The fraction of sp³-hybridized carbons (Fsp3) is 0.375. The Morgan fingerprint density at radius 2 is 1.82 bits per heavy atom. The van der Waals surface area contributed by atoms with E-state index in [9.17, 15) is 27.9 Å². The second-order valence-corrected chi connectivity index (χ2v) is 9.83. The maximum atomic E-state index is 13.4. The van der Waals surface area contributed by atoms with Gasteiger partial charge in [-0.25, -0.2) is 15.0 Å². The minimum absolute atomic E-state index is 0.00377. The number of hydrogen-bond acceptors (Lipinski definition) is 9. The van der Waals surface area contributed by atoms with E-state index < -0.39 is 35.1 Å². The predicted molar refractivity (Wildman–Crippen MR) is 128 cm³/mol. The summed E-state index contributed by atoms with van der Waals surface area (Å²) in [5.41, 5.74) is -1.30. The number of benzene rings is 1. The number of methoxy groups -OCH3 is 2. The number of aliphatic carboxylic acids is 1. The highest BCUT2D eigenvalue weighted by Crippen LogP contribution is 2.55. The summed E-state index contributed by atoms with van der Waals surface area (Å²) in [5.74, 6) is -2.21. The molecule has 2 aromatic heterocycles. The van der Waals surface area contributed by atoms with E-state index in [0.29, 0.717) is 16.1 Å². The van der Waals surface area contributed by atoms with Crippen LogP contribution in [0.25, 0.3) is 11.3 Å². The largest absolute Gasteiger partial charge is 0.481 e. The van der Waals surface area contributed by atoms with Gasteiger partial charge >= 0.3 is 12.1 Å². The monoisotopic (exact) mass is 550 g/mol. The number of fused-ring (bicyclic) bond motifs is 4. The molecule has 0 bridgehead atoms. The van der Waals surface area contributed by atoms with Crippen molar-refractivity contribution < 1.29 is 42.1 Å². The van der Waals surface area contributed by atoms with Crippen LogP contribution in [0.15, 0.2) is 24.5 Å². The number of carboxylic acid groups (broad SMARTS) is 1. The molecule has 0 atom stereocenters. The number of halogens is 3. The second kappa shape index (κ2) is 9.42. The lowest BCUT2D eigenvalue weighted by molar-refractivity contribution is -0.144. The van der Waals surface area contributed by atoms with Crippen molar-refractivity contribution in [1.29, 1.82) is 0 Å². The van der Waals surface area contributed by atoms with Crippen LogP contribution >= 0.6 is 11.3 Å². The van der Waals surface area contributed by atoms with E-state index in [1.807, 2.05) is 0 Å². The van der Waals surface area contributed by atoms with Crippen LogP contribution in [0.2, 0.25) is 0 Å². The van der Waals surface area contributed by atoms with Crippen molar-refractivity contribution in [1.82, 2.24) is 15.0 Å². The first-order valence-corrected chi connectivity index (χ1v) is 12.3. The number of rotatable bonds is 5. The summed E-state index contributed by atoms with van der Waals surface area (Å²) >= 11 is 1.11. The van der Waals surface area contributed by atoms with Gasteiger partial charge in [0, 0.05) is 5.56 Å². The summed E-state index contributed by atoms with van der Waals surface area (Å²) in [6.07, 6.45) is -2.33. The topological polar surface area (TPSA) is 133 Å². The average Bonchev–Trinajstić information content (AvgIpc) is 3.32. The molecule has 1 amide bonds. The number of ether oxygens (including phenoxy) is 3. The number of anilines is 1. The molecule has 3 aromatic rings. The van der Waals surface area contributed by atoms with Gasteiger partial charge in [0.1, 0.15) is 17.7 Å². The van der Waals surface area contributed by atoms with E-state index in [1.165, 1.54) is 26.6 Å². The van der Waals surface area contributed by atoms with Crippen LogP contribution in [0.5, 0.6) is 17.5 Å². The standard InChI is InChI=1S/C24H21F3N4O6S/c1-35-19-15(20(36-2)29-10-28-19)18(32)31-22-30-16-13-4-3-12(24(25,26)27)9-14(13)37-23(17(16)38-22)7-5-11(6-8-23)21(33)34/h3-4,9-11H,5-8H2,1-2H3,(H,33,34)(H,30,31,32). The zero-order valence-corrected chi connectivity index (χ0v) is 20.9. The van der Waals surface area contributed by atoms with E-state index in [-0.39, 0.29) is 53.9 Å². The molecule has 1 fully saturated rings. The summed E-state index contributed by atoms with van der Waals surface area (Å²) < 4.78 is 56.9. The molecule has 0 unspecified atom stereocenters. The van der Waals surface area contributed by atoms with Crippen LogP contribution in [-0.2, 0) is 16.6 Å². The molecule has 0 radical (unpaired) electrons. The minimum Gasteiger partial charge on any atom is -0.481 e. The lowest BCUT2D eigenvalue weighted by Gasteiger charge is -2.42. The average molecular weight is 551 g/mol. The zero-order valence-electron chi connectivity index (χ0n) is 20.1. The number of nitrogens with one attached hydrogen (secondary N) is 1. The van der Waals surface area contributed by atoms with Crippen molar-refractivity contribution in [3.63, 3.8) is 0 Å². The predicted octanol–water partition coefficient (Wildman–Crippen LogP) is 4.75. The maximum absolute atomic E-state index is 13.4. The molecule has 1 aromatic carbocycles. The molecule has 38 heavy (non-hydrogen) atoms. The fourth-order valence-corrected chi connectivity index (χ4v) is 5.94. The maximum Gasteiger partial charge on any atom is 0.416 e. The number of nitrogens with zero attached hydrogens (tertiary/aromatic N) is 3. The summed E-state index contributed by atoms with van der Waals surface area (Å²) in [6, 6.07) is 3.16. The third-order valence-corrected chi connectivity index (χ3v) is 7.82. The molecular formula is C24H21F3N4O6S. The molecule has 1 spiro atoms. The van der Waals surface area contributed by atoms with E-state index in [0.717, 1.165) is 23.5 Å². The van der Waals surface area contributed by atoms with Gasteiger partial charge in [-0.3, -0.25) is 14.9 Å². The number of amides is 1. The van der Waals surface area contributed by atoms with Crippen molar-refractivity contribution in [2.45, 2.75) is 37.5 Å². The molecule has 1 saturated carbocycles. The minimum atomic E-state index is -4.58. The second-order valence-electron chi connectivity index (χ2n) is 8.84. The number of aromatic nitrogens is 3. The summed E-state index contributed by atoms with van der Waals surface area (Å²) in [7, 11) is 2.67. The molecule has 0 saturated heterocycles. The van der Waals surface area contributed by atoms with Gasteiger partial charge in [0.2, 0.25) is 11.8 Å². The summed E-state index contributed by atoms with van der Waals surface area (Å²) in [5, 5.41) is 12.3. The Kier molecular flexibility index (Phi) is 6.37. The number of alkyl halides is 3. The third kappa shape index (κ3) is 4.38. The Balaban J connectivity index is 1.56. The molecular weight excluding hydrogens is 529 g/mol. The molecule has 5 rings (SSSR count). The van der Waals surface area contributed by atoms with Crippen LogP contribution in [0.3, 0.4) is 0 Å². The van der Waals surface area contributed by atoms with Crippen LogP contribution in [0.1, 0.15) is 46.5 Å². The number of carbonyl (C=O) groups is 2. The van der Waals surface area contributed by atoms with Gasteiger partial charge in [-0.2, -0.15) is 13.2 Å². The Morgan fingerprint density at radius 1 is 1.16 bits per heavy atom. The molecule has 200 valence electrons. The summed E-state index contributed by atoms with van der Waals surface area (Å²) in [6.45, 7) is 0. The van der Waals surface area contributed by atoms with Gasteiger partial charge in [-0.15, -0.1) is 0 Å². The molecule has 1 aliphatic carbocycles. The van der Waals surface area contributed by atoms with E-state index in [1.54, 1.807) is 0 Å². The quantitative estimate of drug-likeness (QED) is 0.462. The smallest absolute Gasteiger partial charge is 0.416 e. The summed E-state index contributed by atoms with van der Waals surface area (Å²) in [4.78, 5) is 37.7. The van der Waals surface area contributed by atoms with Gasteiger partial charge in [0.05, 0.1) is 36.3 Å². The first-order chi connectivity index (χ1) is 18.1. The van der Waals surface area contributed by atoms with E-state index in [4.69, 9.17) is 14.2 Å². The Hall–Kier alpha value is -3.94. The fourth-order valence-electron chi connectivity index (χ4n) is 4.78. The van der Waals surface area contributed by atoms with Crippen molar-refractivity contribution in [2.24, 2.45) is 5.92 Å². The Morgan fingerprint density at radius 3 is 2.39 bits per heavy atom. The highest BCUT2D eigenvalue weighted by Gasteiger charge is 2.48. The van der Waals surface area contributed by atoms with Gasteiger partial charge in [-0.1, -0.05) is 11.3 Å². The lowest BCUT2D eigenvalue weighted by Crippen LogP contribution is -2.40. The highest BCUT2D eigenvalue weighted by atomic mass is 32.1. The van der Waals surface area contributed by atoms with E-state index in [2.05, 4.69) is 20.3 Å². The van der Waals surface area contributed by atoms with Crippen LogP contribution < -0.4 is 19.5 Å². The molecule has 2 aliphatic rings. The molecule has 14 heteroatoms. The molecule has 3 heterocycles. The zero-order chi connectivity index (χ0) is 27.2. The SMILES string of the molecule is COc1ncnc(OC)c1C(=O)Nc1nc2c(s1)C1(CCC(C(=O)O)CC1)Oc1cc(C(F)(F)F)ccc1-2. The molecule has 2 N–H and O–H groups in total. The first-order valence-electron chi connectivity index (χ1n) is 11.5. The first kappa shape index (κ1) is 25.7. The number of thiazole rings is 1. The van der Waals surface area contributed by atoms with E-state index >= 15 is 0 Å². The number of carboxylic acids is 1. The number of hydrogen-bond donors (Lipinski definition) is 2. The van der Waals surface area contributed by atoms with Gasteiger partial charge in [0.15, 0.2) is 10.7 Å². The van der Waals surface area contributed by atoms with Crippen LogP contribution in [0, 0.1) is 5.92 Å². The normalized spacial score (nSPS) is 20.2. The van der Waals surface area contributed by atoms with Crippen molar-refractivity contribution in [3.8, 4) is 28.8 Å². The van der Waals surface area contributed by atoms with Gasteiger partial charge in [0.25, 0.3) is 5.91 Å².